The number of nitrogens with zero attached hydrogens (tertiary/aromatic N) is 1. The standard InChI is InChI=1S/C35H35NO2/c1-20(2)14-32-22(4)27-16-24(12-13-31(27)38-32)28-18-30(36-34-33(28)21(3)19-37-34)25-15-23-10-8-9-11-26(23)29(17-25)35(5,6)7/h8-13,15-20H,14H2,1-7H3. The third kappa shape index (κ3) is 4.11. The Balaban J connectivity index is 1.58. The number of pyridine rings is 1. The van der Waals surface area contributed by atoms with Crippen LogP contribution < -0.4 is 0 Å². The van der Waals surface area contributed by atoms with Crippen molar-refractivity contribution in [3.63, 3.8) is 0 Å². The third-order valence-electron chi connectivity index (χ3n) is 7.63. The molecule has 0 unspecified atom stereocenters. The van der Waals surface area contributed by atoms with E-state index in [0.717, 1.165) is 51.1 Å². The van der Waals surface area contributed by atoms with Crippen LogP contribution in [0.15, 0.2) is 75.8 Å². The Bertz CT molecular complexity index is 1820. The summed E-state index contributed by atoms with van der Waals surface area (Å²) in [6, 6.07) is 21.9. The lowest BCUT2D eigenvalue weighted by atomic mass is 9.82. The molecule has 0 amide bonds. The van der Waals surface area contributed by atoms with Gasteiger partial charge in [0.15, 0.2) is 0 Å². The number of aromatic nitrogens is 1. The van der Waals surface area contributed by atoms with Crippen LogP contribution in [0.3, 0.4) is 0 Å². The average Bonchev–Trinajstić information content (AvgIpc) is 3.40. The highest BCUT2D eigenvalue weighted by Crippen LogP contribution is 2.40. The normalized spacial score (nSPS) is 12.4. The quantitative estimate of drug-likeness (QED) is 0.241. The van der Waals surface area contributed by atoms with Gasteiger partial charge in [-0.3, -0.25) is 0 Å². The van der Waals surface area contributed by atoms with Gasteiger partial charge < -0.3 is 8.83 Å². The molecule has 3 aromatic carbocycles. The molecule has 0 N–H and O–H groups in total. The Kier molecular flexibility index (Phi) is 5.72. The Morgan fingerprint density at radius 3 is 2.42 bits per heavy atom. The van der Waals surface area contributed by atoms with E-state index in [1.54, 1.807) is 0 Å². The zero-order chi connectivity index (χ0) is 26.8. The Hall–Kier alpha value is -3.85. The molecule has 3 heteroatoms. The molecular weight excluding hydrogens is 466 g/mol. The summed E-state index contributed by atoms with van der Waals surface area (Å²) in [5.41, 5.74) is 9.56. The third-order valence-corrected chi connectivity index (χ3v) is 7.63. The van der Waals surface area contributed by atoms with Gasteiger partial charge in [0.25, 0.3) is 0 Å². The highest BCUT2D eigenvalue weighted by atomic mass is 16.3. The summed E-state index contributed by atoms with van der Waals surface area (Å²) in [5, 5.41) is 4.75. The molecule has 0 radical (unpaired) electrons. The molecule has 3 aromatic heterocycles. The number of benzene rings is 3. The summed E-state index contributed by atoms with van der Waals surface area (Å²) in [5.74, 6) is 1.63. The molecule has 6 aromatic rings. The van der Waals surface area contributed by atoms with Crippen molar-refractivity contribution in [3.05, 3.63) is 89.4 Å². The molecule has 0 aliphatic carbocycles. The van der Waals surface area contributed by atoms with Gasteiger partial charge in [-0.15, -0.1) is 0 Å². The molecule has 0 spiro atoms. The van der Waals surface area contributed by atoms with Crippen LogP contribution in [0.1, 0.15) is 57.1 Å². The lowest BCUT2D eigenvalue weighted by Gasteiger charge is -2.23. The van der Waals surface area contributed by atoms with Crippen LogP contribution in [0.5, 0.6) is 0 Å². The summed E-state index contributed by atoms with van der Waals surface area (Å²) in [6.45, 7) is 15.5. The molecule has 0 saturated carbocycles. The Morgan fingerprint density at radius 1 is 0.868 bits per heavy atom. The Morgan fingerprint density at radius 2 is 1.66 bits per heavy atom. The van der Waals surface area contributed by atoms with Crippen LogP contribution in [-0.4, -0.2) is 4.98 Å². The van der Waals surface area contributed by atoms with Gasteiger partial charge in [0.2, 0.25) is 5.71 Å². The van der Waals surface area contributed by atoms with Crippen LogP contribution in [0.2, 0.25) is 0 Å². The van der Waals surface area contributed by atoms with Gasteiger partial charge in [-0.05, 0) is 94.1 Å². The first-order valence-corrected chi connectivity index (χ1v) is 13.5. The van der Waals surface area contributed by atoms with Gasteiger partial charge in [-0.1, -0.05) is 65.0 Å². The van der Waals surface area contributed by atoms with E-state index in [1.165, 1.54) is 27.3 Å². The maximum Gasteiger partial charge on any atom is 0.227 e. The molecule has 6 rings (SSSR count). The van der Waals surface area contributed by atoms with Gasteiger partial charge >= 0.3 is 0 Å². The van der Waals surface area contributed by atoms with E-state index in [4.69, 9.17) is 13.8 Å². The minimum atomic E-state index is 0.00134. The van der Waals surface area contributed by atoms with E-state index in [0.29, 0.717) is 11.6 Å². The largest absolute Gasteiger partial charge is 0.461 e. The summed E-state index contributed by atoms with van der Waals surface area (Å²) in [6.07, 6.45) is 2.76. The van der Waals surface area contributed by atoms with Crippen LogP contribution in [-0.2, 0) is 11.8 Å². The molecule has 3 nitrogen and oxygen atoms in total. The fraction of sp³-hybridized carbons (Fsp3) is 0.286. The number of rotatable bonds is 4. The molecule has 0 aliphatic heterocycles. The number of hydrogen-bond acceptors (Lipinski definition) is 3. The zero-order valence-corrected chi connectivity index (χ0v) is 23.4. The summed E-state index contributed by atoms with van der Waals surface area (Å²) in [4.78, 5) is 5.01. The first-order chi connectivity index (χ1) is 18.1. The fourth-order valence-electron chi connectivity index (χ4n) is 5.65. The first-order valence-electron chi connectivity index (χ1n) is 13.5. The molecule has 3 heterocycles. The van der Waals surface area contributed by atoms with Crippen molar-refractivity contribution in [1.29, 1.82) is 0 Å². The fourth-order valence-corrected chi connectivity index (χ4v) is 5.65. The minimum Gasteiger partial charge on any atom is -0.461 e. The van der Waals surface area contributed by atoms with E-state index < -0.39 is 0 Å². The van der Waals surface area contributed by atoms with Crippen molar-refractivity contribution in [1.82, 2.24) is 4.98 Å². The van der Waals surface area contributed by atoms with Crippen molar-refractivity contribution < 1.29 is 8.83 Å². The maximum atomic E-state index is 6.24. The van der Waals surface area contributed by atoms with Gasteiger partial charge in [0.1, 0.15) is 11.3 Å². The lowest BCUT2D eigenvalue weighted by molar-refractivity contribution is 0.496. The molecular formula is C35H35NO2. The van der Waals surface area contributed by atoms with Crippen molar-refractivity contribution in [2.24, 2.45) is 5.92 Å². The summed E-state index contributed by atoms with van der Waals surface area (Å²) >= 11 is 0. The van der Waals surface area contributed by atoms with Crippen LogP contribution in [0.25, 0.3) is 55.2 Å². The van der Waals surface area contributed by atoms with Crippen molar-refractivity contribution in [2.45, 2.75) is 60.3 Å². The number of aryl methyl sites for hydroxylation is 2. The van der Waals surface area contributed by atoms with Gasteiger partial charge in [-0.25, -0.2) is 4.98 Å². The van der Waals surface area contributed by atoms with Crippen LogP contribution in [0.4, 0.5) is 0 Å². The molecule has 192 valence electrons. The second-order valence-electron chi connectivity index (χ2n) is 12.1. The molecule has 0 saturated heterocycles. The topological polar surface area (TPSA) is 39.2 Å². The number of hydrogen-bond donors (Lipinski definition) is 0. The minimum absolute atomic E-state index is 0.00134. The highest BCUT2D eigenvalue weighted by molar-refractivity contribution is 6.00. The molecule has 0 aliphatic rings. The van der Waals surface area contributed by atoms with Gasteiger partial charge in [0, 0.05) is 17.4 Å². The second-order valence-corrected chi connectivity index (χ2v) is 12.1. The van der Waals surface area contributed by atoms with E-state index in [9.17, 15) is 0 Å². The predicted molar refractivity (Wildman–Crippen MR) is 159 cm³/mol. The summed E-state index contributed by atoms with van der Waals surface area (Å²) < 4.78 is 12.2. The van der Waals surface area contributed by atoms with Crippen LogP contribution >= 0.6 is 0 Å². The maximum absolute atomic E-state index is 6.24. The van der Waals surface area contributed by atoms with E-state index >= 15 is 0 Å². The molecule has 38 heavy (non-hydrogen) atoms. The molecule has 0 bridgehead atoms. The zero-order valence-electron chi connectivity index (χ0n) is 23.4. The number of fused-ring (bicyclic) bond motifs is 3. The Labute approximate surface area is 224 Å². The van der Waals surface area contributed by atoms with Gasteiger partial charge in [0.05, 0.1) is 17.3 Å². The van der Waals surface area contributed by atoms with Crippen molar-refractivity contribution in [3.8, 4) is 22.4 Å². The predicted octanol–water partition coefficient (Wildman–Crippen LogP) is 10.2. The second kappa shape index (κ2) is 8.87. The number of furan rings is 2. The highest BCUT2D eigenvalue weighted by Gasteiger charge is 2.21. The van der Waals surface area contributed by atoms with E-state index in [1.807, 2.05) is 6.26 Å². The van der Waals surface area contributed by atoms with E-state index in [-0.39, 0.29) is 5.41 Å². The van der Waals surface area contributed by atoms with E-state index in [2.05, 4.69) is 109 Å². The van der Waals surface area contributed by atoms with Gasteiger partial charge in [-0.2, -0.15) is 0 Å². The molecule has 0 fully saturated rings. The van der Waals surface area contributed by atoms with Crippen molar-refractivity contribution >= 4 is 32.8 Å². The SMILES string of the molecule is Cc1c(CC(C)C)oc2ccc(-c3cc(-c4cc(C(C)(C)C)c5ccccc5c4)nc4occ(C)c34)cc12. The first kappa shape index (κ1) is 24.5. The average molecular weight is 502 g/mol. The molecule has 0 atom stereocenters. The van der Waals surface area contributed by atoms with Crippen molar-refractivity contribution in [2.75, 3.05) is 0 Å². The smallest absolute Gasteiger partial charge is 0.227 e. The van der Waals surface area contributed by atoms with Crippen LogP contribution in [0, 0.1) is 19.8 Å². The lowest BCUT2D eigenvalue weighted by Crippen LogP contribution is -2.12. The monoisotopic (exact) mass is 501 g/mol. The summed E-state index contributed by atoms with van der Waals surface area (Å²) in [7, 11) is 0.